The molecule has 0 aliphatic carbocycles. The number of thioether (sulfide) groups is 1. The van der Waals surface area contributed by atoms with Gasteiger partial charge in [-0.15, -0.1) is 0 Å². The van der Waals surface area contributed by atoms with Crippen molar-refractivity contribution in [3.8, 4) is 0 Å². The predicted octanol–water partition coefficient (Wildman–Crippen LogP) is 2.75. The summed E-state index contributed by atoms with van der Waals surface area (Å²) in [5, 5.41) is 4.50. The Labute approximate surface area is 109 Å². The molecule has 1 aromatic carbocycles. The van der Waals surface area contributed by atoms with Crippen LogP contribution in [0.15, 0.2) is 52.2 Å². The summed E-state index contributed by atoms with van der Waals surface area (Å²) in [6, 6.07) is 8.30. The third-order valence-corrected chi connectivity index (χ3v) is 4.27. The summed E-state index contributed by atoms with van der Waals surface area (Å²) in [5.41, 5.74) is 5.76. The second-order valence-electron chi connectivity index (χ2n) is 4.41. The Kier molecular flexibility index (Phi) is 2.17. The molecule has 0 radical (unpaired) electrons. The molecule has 0 aromatic heterocycles. The lowest BCUT2D eigenvalue weighted by Crippen LogP contribution is -2.25. The number of nitrogens with zero attached hydrogens (tertiary/aromatic N) is 2. The van der Waals surface area contributed by atoms with E-state index in [0.717, 1.165) is 28.7 Å². The Morgan fingerprint density at radius 1 is 1.22 bits per heavy atom. The number of fused-ring (bicyclic) bond motifs is 4. The highest BCUT2D eigenvalue weighted by molar-refractivity contribution is 8.15. The number of nitrogens with one attached hydrogen (secondary N) is 1. The van der Waals surface area contributed by atoms with Gasteiger partial charge in [0.2, 0.25) is 0 Å². The van der Waals surface area contributed by atoms with Gasteiger partial charge in [0.15, 0.2) is 0 Å². The zero-order valence-corrected chi connectivity index (χ0v) is 10.5. The second-order valence-corrected chi connectivity index (χ2v) is 5.38. The zero-order valence-electron chi connectivity index (χ0n) is 9.68. The minimum Gasteiger partial charge on any atom is -0.378 e. The number of benzene rings is 1. The molecule has 0 atom stereocenters. The topological polar surface area (TPSA) is 36.8 Å². The van der Waals surface area contributed by atoms with Crippen LogP contribution < -0.4 is 5.32 Å². The van der Waals surface area contributed by atoms with Crippen LogP contribution in [0, 0.1) is 0 Å². The lowest BCUT2D eigenvalue weighted by atomic mass is 10.1. The van der Waals surface area contributed by atoms with E-state index in [1.165, 1.54) is 16.8 Å². The molecule has 3 nitrogen and oxygen atoms in total. The highest BCUT2D eigenvalue weighted by atomic mass is 32.2. The Bertz CT molecular complexity index is 653. The van der Waals surface area contributed by atoms with E-state index in [9.17, 15) is 0 Å². The van der Waals surface area contributed by atoms with Crippen molar-refractivity contribution in [2.75, 3.05) is 12.3 Å². The van der Waals surface area contributed by atoms with Crippen LogP contribution >= 0.6 is 11.8 Å². The van der Waals surface area contributed by atoms with E-state index in [-0.39, 0.29) is 0 Å². The Morgan fingerprint density at radius 3 is 3.06 bits per heavy atom. The fraction of sp³-hybridized carbons (Fsp3) is 0.143. The van der Waals surface area contributed by atoms with Gasteiger partial charge in [0.25, 0.3) is 0 Å². The number of allylic oxidation sites excluding steroid dienone is 1. The van der Waals surface area contributed by atoms with Crippen LogP contribution in [-0.2, 0) is 0 Å². The van der Waals surface area contributed by atoms with Crippen LogP contribution in [0.25, 0.3) is 5.57 Å². The van der Waals surface area contributed by atoms with Crippen molar-refractivity contribution in [3.05, 3.63) is 47.8 Å². The lowest BCUT2D eigenvalue weighted by Gasteiger charge is -2.11. The first kappa shape index (κ1) is 10.1. The predicted molar refractivity (Wildman–Crippen MR) is 77.5 cm³/mol. The van der Waals surface area contributed by atoms with Gasteiger partial charge in [-0.05, 0) is 12.1 Å². The summed E-state index contributed by atoms with van der Waals surface area (Å²) in [4.78, 5) is 9.18. The van der Waals surface area contributed by atoms with Crippen molar-refractivity contribution in [1.82, 2.24) is 5.32 Å². The van der Waals surface area contributed by atoms with Gasteiger partial charge < -0.3 is 5.32 Å². The quantitative estimate of drug-likeness (QED) is 0.772. The lowest BCUT2D eigenvalue weighted by molar-refractivity contribution is 0.933. The van der Waals surface area contributed by atoms with Gasteiger partial charge >= 0.3 is 0 Å². The maximum Gasteiger partial charge on any atom is 0.105 e. The van der Waals surface area contributed by atoms with Crippen LogP contribution in [0.1, 0.15) is 5.56 Å². The first-order chi connectivity index (χ1) is 8.90. The molecule has 1 N–H and O–H groups in total. The van der Waals surface area contributed by atoms with Gasteiger partial charge in [-0.2, -0.15) is 0 Å². The van der Waals surface area contributed by atoms with Crippen LogP contribution in [0.3, 0.4) is 0 Å². The third kappa shape index (κ3) is 1.53. The molecule has 2 bridgehead atoms. The van der Waals surface area contributed by atoms with Crippen molar-refractivity contribution in [2.45, 2.75) is 0 Å². The first-order valence-electron chi connectivity index (χ1n) is 5.93. The van der Waals surface area contributed by atoms with E-state index >= 15 is 0 Å². The molecular formula is C14H11N3S. The number of hydrogen-bond acceptors (Lipinski definition) is 4. The number of para-hydroxylation sites is 1. The van der Waals surface area contributed by atoms with Gasteiger partial charge in [-0.1, -0.05) is 30.0 Å². The smallest absolute Gasteiger partial charge is 0.105 e. The fourth-order valence-electron chi connectivity index (χ4n) is 2.27. The van der Waals surface area contributed by atoms with E-state index < -0.39 is 0 Å². The molecule has 0 spiro atoms. The molecular weight excluding hydrogens is 242 g/mol. The Balaban J connectivity index is 1.90. The van der Waals surface area contributed by atoms with E-state index in [1.54, 1.807) is 11.8 Å². The van der Waals surface area contributed by atoms with Crippen molar-refractivity contribution >= 4 is 33.8 Å². The van der Waals surface area contributed by atoms with Gasteiger partial charge in [0.1, 0.15) is 5.04 Å². The minimum absolute atomic E-state index is 0.845. The molecule has 0 saturated carbocycles. The fourth-order valence-corrected chi connectivity index (χ4v) is 3.24. The molecule has 5 rings (SSSR count). The molecule has 4 aliphatic heterocycles. The van der Waals surface area contributed by atoms with Crippen molar-refractivity contribution in [2.24, 2.45) is 9.98 Å². The average Bonchev–Trinajstić information content (AvgIpc) is 2.80. The molecule has 18 heavy (non-hydrogen) atoms. The Morgan fingerprint density at radius 2 is 2.17 bits per heavy atom. The largest absolute Gasteiger partial charge is 0.378 e. The molecule has 0 unspecified atom stereocenters. The van der Waals surface area contributed by atoms with Crippen LogP contribution in [0.5, 0.6) is 0 Å². The molecule has 4 heteroatoms. The standard InChI is InChI=1S/C14H11N3S/c1-2-4-13-11(3-1)12-5-9-6-16-10(7-15-9)8-18-14(12)17-13/h1-6,15H,7-8H2/b12-5-. The van der Waals surface area contributed by atoms with Crippen molar-refractivity contribution in [1.29, 1.82) is 0 Å². The first-order valence-corrected chi connectivity index (χ1v) is 6.91. The van der Waals surface area contributed by atoms with E-state index in [0.29, 0.717) is 0 Å². The minimum atomic E-state index is 0.845. The molecule has 88 valence electrons. The van der Waals surface area contributed by atoms with Gasteiger partial charge in [-0.25, -0.2) is 4.99 Å². The number of hydrogen-bond donors (Lipinski definition) is 1. The monoisotopic (exact) mass is 253 g/mol. The number of aliphatic imine (C=N–C) groups is 2. The van der Waals surface area contributed by atoms with Crippen molar-refractivity contribution < 1.29 is 0 Å². The van der Waals surface area contributed by atoms with E-state index in [4.69, 9.17) is 4.99 Å². The SMILES string of the molecule is C1=C2/C=C3\C(=Nc4ccccc43)SCC(=N1)CN2. The van der Waals surface area contributed by atoms with E-state index in [1.807, 2.05) is 12.3 Å². The van der Waals surface area contributed by atoms with Crippen LogP contribution in [0.4, 0.5) is 5.69 Å². The molecule has 0 amide bonds. The molecule has 0 fully saturated rings. The molecule has 4 aliphatic rings. The molecule has 1 aromatic rings. The molecule has 0 saturated heterocycles. The summed E-state index contributed by atoms with van der Waals surface area (Å²) in [7, 11) is 0. The second kappa shape index (κ2) is 3.85. The summed E-state index contributed by atoms with van der Waals surface area (Å²) in [5.74, 6) is 0.904. The highest BCUT2D eigenvalue weighted by Gasteiger charge is 2.23. The van der Waals surface area contributed by atoms with Gasteiger partial charge in [0.05, 0.1) is 24.1 Å². The Hall–Kier alpha value is -1.81. The summed E-state index contributed by atoms with van der Waals surface area (Å²) in [6.07, 6.45) is 4.07. The van der Waals surface area contributed by atoms with Gasteiger partial charge in [-0.3, -0.25) is 4.99 Å². The zero-order chi connectivity index (χ0) is 11.9. The summed E-state index contributed by atoms with van der Waals surface area (Å²) >= 11 is 1.77. The summed E-state index contributed by atoms with van der Waals surface area (Å²) in [6.45, 7) is 0.845. The average molecular weight is 253 g/mol. The third-order valence-electron chi connectivity index (χ3n) is 3.20. The summed E-state index contributed by atoms with van der Waals surface area (Å²) < 4.78 is 0. The molecule has 4 heterocycles. The van der Waals surface area contributed by atoms with Crippen LogP contribution in [-0.4, -0.2) is 23.1 Å². The van der Waals surface area contributed by atoms with Crippen LogP contribution in [0.2, 0.25) is 0 Å². The van der Waals surface area contributed by atoms with E-state index in [2.05, 4.69) is 34.6 Å². The van der Waals surface area contributed by atoms with Crippen molar-refractivity contribution in [3.63, 3.8) is 0 Å². The maximum atomic E-state index is 4.71. The normalized spacial score (nSPS) is 23.1. The highest BCUT2D eigenvalue weighted by Crippen LogP contribution is 2.39. The maximum absolute atomic E-state index is 4.71. The van der Waals surface area contributed by atoms with Gasteiger partial charge in [0, 0.05) is 22.6 Å². The number of rotatable bonds is 0.